The van der Waals surface area contributed by atoms with E-state index in [1.807, 2.05) is 12.1 Å². The van der Waals surface area contributed by atoms with E-state index in [0.29, 0.717) is 17.8 Å². The standard InChI is InChI=1S/C17H23FN2O2S2/c1-2-23-15-7-6-14(24-15)17(22)20-10-12(18)8-13(20)9-19-16(21)11-4-3-5-11/h6-7,11-13H,2-5,8-10H2,1H3,(H,19,21). The number of alkyl halides is 1. The summed E-state index contributed by atoms with van der Waals surface area (Å²) in [5.41, 5.74) is 0. The van der Waals surface area contributed by atoms with Crippen LogP contribution in [0.2, 0.25) is 0 Å². The highest BCUT2D eigenvalue weighted by Crippen LogP contribution is 2.30. The fourth-order valence-electron chi connectivity index (χ4n) is 3.13. The number of nitrogens with zero attached hydrogens (tertiary/aromatic N) is 1. The van der Waals surface area contributed by atoms with E-state index in [4.69, 9.17) is 0 Å². The quantitative estimate of drug-likeness (QED) is 0.782. The summed E-state index contributed by atoms with van der Waals surface area (Å²) in [6.07, 6.45) is 2.29. The molecule has 132 valence electrons. The van der Waals surface area contributed by atoms with E-state index in [9.17, 15) is 14.0 Å². The molecule has 4 nitrogen and oxygen atoms in total. The fourth-order valence-corrected chi connectivity index (χ4v) is 5.13. The van der Waals surface area contributed by atoms with Gasteiger partial charge >= 0.3 is 0 Å². The van der Waals surface area contributed by atoms with E-state index in [1.165, 1.54) is 11.3 Å². The zero-order valence-electron chi connectivity index (χ0n) is 13.8. The molecular weight excluding hydrogens is 347 g/mol. The Kier molecular flexibility index (Phi) is 5.81. The number of rotatable bonds is 6. The molecule has 2 aliphatic rings. The summed E-state index contributed by atoms with van der Waals surface area (Å²) in [6, 6.07) is 3.52. The summed E-state index contributed by atoms with van der Waals surface area (Å²) < 4.78 is 15.0. The maximum absolute atomic E-state index is 13.9. The van der Waals surface area contributed by atoms with Gasteiger partial charge in [-0.15, -0.1) is 23.1 Å². The Morgan fingerprint density at radius 2 is 2.21 bits per heavy atom. The molecule has 2 amide bonds. The Hall–Kier alpha value is -1.08. The van der Waals surface area contributed by atoms with Crippen LogP contribution >= 0.6 is 23.1 Å². The maximum Gasteiger partial charge on any atom is 0.264 e. The third-order valence-electron chi connectivity index (χ3n) is 4.69. The van der Waals surface area contributed by atoms with Gasteiger partial charge in [0.05, 0.1) is 21.7 Å². The van der Waals surface area contributed by atoms with Gasteiger partial charge in [0.2, 0.25) is 5.91 Å². The largest absolute Gasteiger partial charge is 0.354 e. The second kappa shape index (κ2) is 7.87. The van der Waals surface area contributed by atoms with E-state index >= 15 is 0 Å². The number of thioether (sulfide) groups is 1. The number of carbonyl (C=O) groups excluding carboxylic acids is 2. The molecule has 3 rings (SSSR count). The van der Waals surface area contributed by atoms with E-state index in [1.54, 1.807) is 16.7 Å². The van der Waals surface area contributed by atoms with Crippen molar-refractivity contribution in [3.63, 3.8) is 0 Å². The van der Waals surface area contributed by atoms with Crippen molar-refractivity contribution >= 4 is 34.9 Å². The molecule has 0 bridgehead atoms. The van der Waals surface area contributed by atoms with Gasteiger partial charge in [0, 0.05) is 18.9 Å². The lowest BCUT2D eigenvalue weighted by Crippen LogP contribution is -2.45. The minimum Gasteiger partial charge on any atom is -0.354 e. The fraction of sp³-hybridized carbons (Fsp3) is 0.647. The topological polar surface area (TPSA) is 49.4 Å². The monoisotopic (exact) mass is 370 g/mol. The van der Waals surface area contributed by atoms with Gasteiger partial charge in [0.25, 0.3) is 5.91 Å². The summed E-state index contributed by atoms with van der Waals surface area (Å²) in [4.78, 5) is 26.9. The first-order chi connectivity index (χ1) is 11.6. The number of halogens is 1. The van der Waals surface area contributed by atoms with Crippen molar-refractivity contribution in [1.29, 1.82) is 0 Å². The van der Waals surface area contributed by atoms with Gasteiger partial charge in [-0.05, 0) is 30.7 Å². The molecule has 1 aliphatic carbocycles. The second-order valence-electron chi connectivity index (χ2n) is 6.37. The zero-order valence-corrected chi connectivity index (χ0v) is 15.4. The van der Waals surface area contributed by atoms with Crippen molar-refractivity contribution in [2.75, 3.05) is 18.8 Å². The van der Waals surface area contributed by atoms with Crippen molar-refractivity contribution in [2.45, 2.75) is 49.0 Å². The lowest BCUT2D eigenvalue weighted by Gasteiger charge is -2.27. The number of carbonyl (C=O) groups is 2. The molecule has 2 fully saturated rings. The zero-order chi connectivity index (χ0) is 17.1. The molecule has 0 aromatic carbocycles. The minimum atomic E-state index is -1.01. The highest BCUT2D eigenvalue weighted by Gasteiger charge is 2.37. The molecule has 24 heavy (non-hydrogen) atoms. The van der Waals surface area contributed by atoms with E-state index < -0.39 is 6.17 Å². The molecule has 2 heterocycles. The molecular formula is C17H23FN2O2S2. The Labute approximate surface area is 150 Å². The van der Waals surface area contributed by atoms with Crippen LogP contribution in [0.4, 0.5) is 4.39 Å². The Balaban J connectivity index is 1.60. The molecule has 0 spiro atoms. The minimum absolute atomic E-state index is 0.0497. The van der Waals surface area contributed by atoms with Crippen LogP contribution < -0.4 is 5.32 Å². The summed E-state index contributed by atoms with van der Waals surface area (Å²) >= 11 is 3.16. The Bertz CT molecular complexity index is 603. The van der Waals surface area contributed by atoms with E-state index in [-0.39, 0.29) is 30.3 Å². The van der Waals surface area contributed by atoms with Crippen molar-refractivity contribution in [2.24, 2.45) is 5.92 Å². The third kappa shape index (κ3) is 3.94. The van der Waals surface area contributed by atoms with Crippen LogP contribution in [0.1, 0.15) is 42.3 Å². The molecule has 1 saturated heterocycles. The third-order valence-corrected chi connectivity index (χ3v) is 6.87. The number of likely N-dealkylation sites (tertiary alicyclic amines) is 1. The van der Waals surface area contributed by atoms with E-state index in [2.05, 4.69) is 12.2 Å². The predicted octanol–water partition coefficient (Wildman–Crippen LogP) is 3.33. The number of nitrogens with one attached hydrogen (secondary N) is 1. The highest BCUT2D eigenvalue weighted by molar-refractivity contribution is 8.01. The van der Waals surface area contributed by atoms with Crippen LogP contribution in [0.25, 0.3) is 0 Å². The Morgan fingerprint density at radius 1 is 1.42 bits per heavy atom. The Morgan fingerprint density at radius 3 is 2.88 bits per heavy atom. The second-order valence-corrected chi connectivity index (χ2v) is 9.02. The average Bonchev–Trinajstić information content (AvgIpc) is 3.10. The van der Waals surface area contributed by atoms with Crippen LogP contribution in [0, 0.1) is 5.92 Å². The molecule has 1 aromatic rings. The summed E-state index contributed by atoms with van der Waals surface area (Å²) in [6.45, 7) is 2.54. The molecule has 1 N–H and O–H groups in total. The van der Waals surface area contributed by atoms with Crippen LogP contribution in [-0.2, 0) is 4.79 Å². The lowest BCUT2D eigenvalue weighted by molar-refractivity contribution is -0.127. The predicted molar refractivity (Wildman–Crippen MR) is 95.4 cm³/mol. The van der Waals surface area contributed by atoms with Gasteiger partial charge in [0.1, 0.15) is 6.17 Å². The molecule has 1 aliphatic heterocycles. The van der Waals surface area contributed by atoms with Crippen molar-refractivity contribution < 1.29 is 14.0 Å². The number of thiophene rings is 1. The van der Waals surface area contributed by atoms with Gasteiger partial charge < -0.3 is 10.2 Å². The highest BCUT2D eigenvalue weighted by atomic mass is 32.2. The van der Waals surface area contributed by atoms with Crippen LogP contribution in [0.15, 0.2) is 16.3 Å². The van der Waals surface area contributed by atoms with Gasteiger partial charge in [-0.2, -0.15) is 0 Å². The van der Waals surface area contributed by atoms with Gasteiger partial charge in [-0.3, -0.25) is 9.59 Å². The number of hydrogen-bond acceptors (Lipinski definition) is 4. The van der Waals surface area contributed by atoms with Gasteiger partial charge in [-0.1, -0.05) is 13.3 Å². The molecule has 2 atom stereocenters. The number of hydrogen-bond donors (Lipinski definition) is 1. The summed E-state index contributed by atoms with van der Waals surface area (Å²) in [5.74, 6) is 1.00. The van der Waals surface area contributed by atoms with Crippen molar-refractivity contribution in [3.8, 4) is 0 Å². The SMILES string of the molecule is CCSc1ccc(C(=O)N2CC(F)CC2CNC(=O)C2CCC2)s1. The molecule has 0 radical (unpaired) electrons. The van der Waals surface area contributed by atoms with Crippen LogP contribution in [0.3, 0.4) is 0 Å². The van der Waals surface area contributed by atoms with Crippen molar-refractivity contribution in [3.05, 3.63) is 17.0 Å². The first kappa shape index (κ1) is 17.7. The molecule has 1 aromatic heterocycles. The lowest BCUT2D eigenvalue weighted by atomic mass is 9.85. The molecule has 7 heteroatoms. The van der Waals surface area contributed by atoms with Crippen LogP contribution in [0.5, 0.6) is 0 Å². The van der Waals surface area contributed by atoms with E-state index in [0.717, 1.165) is 29.2 Å². The number of amides is 2. The molecule has 1 saturated carbocycles. The average molecular weight is 371 g/mol. The normalized spacial score (nSPS) is 24.0. The summed E-state index contributed by atoms with van der Waals surface area (Å²) in [5, 5.41) is 2.91. The first-order valence-corrected chi connectivity index (χ1v) is 10.3. The van der Waals surface area contributed by atoms with Crippen LogP contribution in [-0.4, -0.2) is 47.8 Å². The van der Waals surface area contributed by atoms with Crippen molar-refractivity contribution in [1.82, 2.24) is 10.2 Å². The first-order valence-electron chi connectivity index (χ1n) is 8.54. The van der Waals surface area contributed by atoms with Gasteiger partial charge in [-0.25, -0.2) is 4.39 Å². The maximum atomic E-state index is 13.9. The molecule has 2 unspecified atom stereocenters. The summed E-state index contributed by atoms with van der Waals surface area (Å²) in [7, 11) is 0. The smallest absolute Gasteiger partial charge is 0.264 e. The van der Waals surface area contributed by atoms with Gasteiger partial charge in [0.15, 0.2) is 0 Å².